The smallest absolute Gasteiger partial charge is 0.267 e. The molecule has 0 bridgehead atoms. The number of piperidine rings is 1. The summed E-state index contributed by atoms with van der Waals surface area (Å²) in [6, 6.07) is 3.87. The Labute approximate surface area is 145 Å². The summed E-state index contributed by atoms with van der Waals surface area (Å²) in [4.78, 5) is 22.8. The van der Waals surface area contributed by atoms with Gasteiger partial charge in [0, 0.05) is 38.1 Å². The molecule has 0 N–H and O–H groups in total. The number of anilines is 1. The third kappa shape index (κ3) is 3.12. The first-order valence-corrected chi connectivity index (χ1v) is 8.80. The minimum Gasteiger partial charge on any atom is -0.354 e. The number of aryl methyl sites for hydroxylation is 2. The number of hydrogen-bond donors (Lipinski definition) is 0. The van der Waals surface area contributed by atoms with Crippen LogP contribution in [0, 0.1) is 17.2 Å². The number of aromatic nitrogens is 4. The summed E-state index contributed by atoms with van der Waals surface area (Å²) in [6.45, 7) is 2.31. The average Bonchev–Trinajstić information content (AvgIpc) is 3.09. The Morgan fingerprint density at radius 3 is 2.80 bits per heavy atom. The first kappa shape index (κ1) is 15.8. The maximum absolute atomic E-state index is 12.3. The molecule has 0 saturated carbocycles. The molecule has 2 aliphatic rings. The van der Waals surface area contributed by atoms with Crippen molar-refractivity contribution in [3.8, 4) is 6.07 Å². The maximum atomic E-state index is 12.3. The van der Waals surface area contributed by atoms with Gasteiger partial charge in [-0.15, -0.1) is 0 Å². The van der Waals surface area contributed by atoms with Crippen LogP contribution in [0.25, 0.3) is 0 Å². The number of nitrogens with zero attached hydrogens (tertiary/aromatic N) is 6. The van der Waals surface area contributed by atoms with Crippen molar-refractivity contribution in [2.75, 3.05) is 18.0 Å². The Hall–Kier alpha value is -2.75. The molecule has 0 atom stereocenters. The highest BCUT2D eigenvalue weighted by molar-refractivity contribution is 5.49. The van der Waals surface area contributed by atoms with Gasteiger partial charge in [0.05, 0.1) is 5.69 Å². The van der Waals surface area contributed by atoms with Crippen LogP contribution in [0.5, 0.6) is 0 Å². The Bertz CT molecular complexity index is 876. The zero-order chi connectivity index (χ0) is 17.2. The normalized spacial score (nSPS) is 17.3. The molecule has 0 unspecified atom stereocenters. The van der Waals surface area contributed by atoms with Crippen LogP contribution in [0.2, 0.25) is 0 Å². The lowest BCUT2D eigenvalue weighted by atomic mass is 9.96. The lowest BCUT2D eigenvalue weighted by Gasteiger charge is -2.32. The van der Waals surface area contributed by atoms with Crippen molar-refractivity contribution < 1.29 is 0 Å². The second-order valence-electron chi connectivity index (χ2n) is 6.76. The van der Waals surface area contributed by atoms with E-state index >= 15 is 0 Å². The molecule has 1 saturated heterocycles. The molecule has 128 valence electrons. The largest absolute Gasteiger partial charge is 0.354 e. The molecular formula is C18H20N6O. The van der Waals surface area contributed by atoms with E-state index in [4.69, 9.17) is 0 Å². The first-order chi connectivity index (χ1) is 12.2. The van der Waals surface area contributed by atoms with Gasteiger partial charge in [-0.2, -0.15) is 10.4 Å². The summed E-state index contributed by atoms with van der Waals surface area (Å²) < 4.78 is 1.65. The lowest BCUT2D eigenvalue weighted by molar-refractivity contribution is 0.333. The van der Waals surface area contributed by atoms with Crippen LogP contribution in [0.1, 0.15) is 36.2 Å². The van der Waals surface area contributed by atoms with Gasteiger partial charge in [0.1, 0.15) is 6.07 Å². The molecule has 0 radical (unpaired) electrons. The van der Waals surface area contributed by atoms with Gasteiger partial charge in [0.25, 0.3) is 5.56 Å². The van der Waals surface area contributed by atoms with Gasteiger partial charge in [-0.05, 0) is 43.6 Å². The van der Waals surface area contributed by atoms with E-state index in [0.717, 1.165) is 56.5 Å². The quantitative estimate of drug-likeness (QED) is 0.840. The second kappa shape index (κ2) is 6.63. The van der Waals surface area contributed by atoms with Crippen molar-refractivity contribution >= 4 is 5.82 Å². The molecule has 0 spiro atoms. The third-order valence-electron chi connectivity index (χ3n) is 5.15. The molecule has 3 heterocycles. The zero-order valence-electron chi connectivity index (χ0n) is 14.1. The Morgan fingerprint density at radius 1 is 1.20 bits per heavy atom. The highest BCUT2D eigenvalue weighted by Crippen LogP contribution is 2.24. The summed E-state index contributed by atoms with van der Waals surface area (Å²) in [5.74, 6) is 1.08. The number of rotatable bonds is 3. The van der Waals surface area contributed by atoms with Gasteiger partial charge < -0.3 is 4.90 Å². The van der Waals surface area contributed by atoms with Gasteiger partial charge in [-0.1, -0.05) is 0 Å². The summed E-state index contributed by atoms with van der Waals surface area (Å²) in [5, 5.41) is 13.8. The van der Waals surface area contributed by atoms with Crippen molar-refractivity contribution in [1.29, 1.82) is 5.26 Å². The third-order valence-corrected chi connectivity index (χ3v) is 5.15. The van der Waals surface area contributed by atoms with Gasteiger partial charge in [-0.3, -0.25) is 4.79 Å². The maximum Gasteiger partial charge on any atom is 0.267 e. The van der Waals surface area contributed by atoms with Crippen LogP contribution in [0.3, 0.4) is 0 Å². The van der Waals surface area contributed by atoms with Crippen LogP contribution < -0.4 is 10.5 Å². The minimum atomic E-state index is 0.0174. The van der Waals surface area contributed by atoms with E-state index in [2.05, 4.69) is 26.0 Å². The summed E-state index contributed by atoms with van der Waals surface area (Å²) in [5.41, 5.74) is 2.61. The average molecular weight is 336 g/mol. The monoisotopic (exact) mass is 336 g/mol. The van der Waals surface area contributed by atoms with E-state index in [1.807, 2.05) is 0 Å². The zero-order valence-corrected chi connectivity index (χ0v) is 14.1. The Morgan fingerprint density at radius 2 is 2.00 bits per heavy atom. The first-order valence-electron chi connectivity index (χ1n) is 8.80. The summed E-state index contributed by atoms with van der Waals surface area (Å²) in [7, 11) is 0. The topological polar surface area (TPSA) is 87.7 Å². The van der Waals surface area contributed by atoms with Gasteiger partial charge in [0.15, 0.2) is 11.5 Å². The summed E-state index contributed by atoms with van der Waals surface area (Å²) in [6.07, 6.45) is 8.13. The van der Waals surface area contributed by atoms with Crippen LogP contribution in [-0.2, 0) is 19.4 Å². The molecular weight excluding hydrogens is 316 g/mol. The molecule has 1 aliphatic carbocycles. The van der Waals surface area contributed by atoms with E-state index in [1.165, 1.54) is 0 Å². The fourth-order valence-corrected chi connectivity index (χ4v) is 3.78. The van der Waals surface area contributed by atoms with E-state index in [0.29, 0.717) is 24.0 Å². The fraction of sp³-hybridized carbons (Fsp3) is 0.500. The molecule has 2 aromatic rings. The minimum absolute atomic E-state index is 0.0174. The van der Waals surface area contributed by atoms with Crippen LogP contribution in [-0.4, -0.2) is 32.8 Å². The van der Waals surface area contributed by atoms with E-state index in [9.17, 15) is 10.1 Å². The molecule has 2 aromatic heterocycles. The molecule has 1 aliphatic heterocycles. The molecule has 0 aromatic carbocycles. The van der Waals surface area contributed by atoms with Gasteiger partial charge >= 0.3 is 0 Å². The second-order valence-corrected chi connectivity index (χ2v) is 6.76. The molecule has 1 fully saturated rings. The highest BCUT2D eigenvalue weighted by Gasteiger charge is 2.24. The standard InChI is InChI=1S/C18H20N6O/c19-11-16-18(21-7-6-20-16)23-8-4-13(5-9-23)12-24-17(25)10-14-2-1-3-15(14)22-24/h6-7,10,13H,1-5,8-9,12H2. The van der Waals surface area contributed by atoms with Gasteiger partial charge in [0.2, 0.25) is 0 Å². The Balaban J connectivity index is 1.43. The van der Waals surface area contributed by atoms with E-state index in [-0.39, 0.29) is 5.56 Å². The van der Waals surface area contributed by atoms with E-state index in [1.54, 1.807) is 23.1 Å². The highest BCUT2D eigenvalue weighted by atomic mass is 16.1. The van der Waals surface area contributed by atoms with Crippen LogP contribution in [0.15, 0.2) is 23.3 Å². The summed E-state index contributed by atoms with van der Waals surface area (Å²) >= 11 is 0. The van der Waals surface area contributed by atoms with Crippen molar-refractivity contribution in [3.05, 3.63) is 45.8 Å². The SMILES string of the molecule is N#Cc1nccnc1N1CCC(Cn2nc3c(cc2=O)CCC3)CC1. The Kier molecular flexibility index (Phi) is 4.18. The number of fused-ring (bicyclic) bond motifs is 1. The lowest BCUT2D eigenvalue weighted by Crippen LogP contribution is -2.37. The molecule has 7 nitrogen and oxygen atoms in total. The predicted molar refractivity (Wildman–Crippen MR) is 92.2 cm³/mol. The molecule has 25 heavy (non-hydrogen) atoms. The van der Waals surface area contributed by atoms with Crippen molar-refractivity contribution in [3.63, 3.8) is 0 Å². The molecule has 0 amide bonds. The van der Waals surface area contributed by atoms with Crippen LogP contribution >= 0.6 is 0 Å². The van der Waals surface area contributed by atoms with Crippen molar-refractivity contribution in [2.24, 2.45) is 5.92 Å². The van der Waals surface area contributed by atoms with Crippen molar-refractivity contribution in [2.45, 2.75) is 38.6 Å². The fourth-order valence-electron chi connectivity index (χ4n) is 3.78. The molecule has 4 rings (SSSR count). The predicted octanol–water partition coefficient (Wildman–Crippen LogP) is 1.31. The van der Waals surface area contributed by atoms with Crippen molar-refractivity contribution in [1.82, 2.24) is 19.7 Å². The number of nitriles is 1. The number of hydrogen-bond acceptors (Lipinski definition) is 6. The molecule has 7 heteroatoms. The van der Waals surface area contributed by atoms with Crippen LogP contribution in [0.4, 0.5) is 5.82 Å². The van der Waals surface area contributed by atoms with E-state index < -0.39 is 0 Å². The van der Waals surface area contributed by atoms with Gasteiger partial charge in [-0.25, -0.2) is 14.6 Å².